The minimum absolute atomic E-state index is 0.603. The highest BCUT2D eigenvalue weighted by Crippen LogP contribution is 2.08. The van der Waals surface area contributed by atoms with Crippen molar-refractivity contribution in [1.82, 2.24) is 14.9 Å². The van der Waals surface area contributed by atoms with Gasteiger partial charge in [-0.05, 0) is 23.6 Å². The van der Waals surface area contributed by atoms with Crippen LogP contribution >= 0.6 is 0 Å². The van der Waals surface area contributed by atoms with Gasteiger partial charge in [0, 0.05) is 37.8 Å². The molecule has 0 aliphatic rings. The normalized spacial score (nSPS) is 11.2. The van der Waals surface area contributed by atoms with Crippen molar-refractivity contribution in [2.24, 2.45) is 5.92 Å². The molecule has 0 unspecified atom stereocenters. The first-order valence-corrected chi connectivity index (χ1v) is 7.11. The van der Waals surface area contributed by atoms with E-state index >= 15 is 0 Å². The lowest BCUT2D eigenvalue weighted by Gasteiger charge is -2.08. The fourth-order valence-corrected chi connectivity index (χ4v) is 1.89. The summed E-state index contributed by atoms with van der Waals surface area (Å²) in [4.78, 5) is 4.05. The maximum atomic E-state index is 5.53. The van der Waals surface area contributed by atoms with Gasteiger partial charge >= 0.3 is 0 Å². The summed E-state index contributed by atoms with van der Waals surface area (Å²) in [5.74, 6) is 0.603. The lowest BCUT2D eigenvalue weighted by molar-refractivity contribution is 0.111. The smallest absolute Gasteiger partial charge is 0.0991 e. The van der Waals surface area contributed by atoms with Crippen LogP contribution in [0.5, 0.6) is 0 Å². The SMILES string of the molecule is CC(C)COCCNCc1ccc(-n2ccnc2)cc1. The van der Waals surface area contributed by atoms with E-state index in [4.69, 9.17) is 4.74 Å². The van der Waals surface area contributed by atoms with Gasteiger partial charge in [0.2, 0.25) is 0 Å². The van der Waals surface area contributed by atoms with E-state index in [1.165, 1.54) is 5.56 Å². The summed E-state index contributed by atoms with van der Waals surface area (Å²) in [6.07, 6.45) is 5.53. The van der Waals surface area contributed by atoms with Crippen LogP contribution in [0, 0.1) is 5.92 Å². The van der Waals surface area contributed by atoms with Gasteiger partial charge in [0.05, 0.1) is 12.9 Å². The molecular formula is C16H23N3O. The third-order valence-electron chi connectivity index (χ3n) is 2.94. The molecule has 0 atom stereocenters. The topological polar surface area (TPSA) is 39.1 Å². The summed E-state index contributed by atoms with van der Waals surface area (Å²) in [6.45, 7) is 7.68. The van der Waals surface area contributed by atoms with Crippen molar-refractivity contribution < 1.29 is 4.74 Å². The van der Waals surface area contributed by atoms with E-state index in [1.807, 2.05) is 10.8 Å². The zero-order valence-electron chi connectivity index (χ0n) is 12.2. The Kier molecular flexibility index (Phi) is 5.77. The number of imidazole rings is 1. The molecule has 1 aromatic heterocycles. The van der Waals surface area contributed by atoms with E-state index in [0.717, 1.165) is 32.0 Å². The van der Waals surface area contributed by atoms with Crippen molar-refractivity contribution in [3.8, 4) is 5.69 Å². The summed E-state index contributed by atoms with van der Waals surface area (Å²) >= 11 is 0. The Hall–Kier alpha value is -1.65. The zero-order valence-corrected chi connectivity index (χ0v) is 12.2. The lowest BCUT2D eigenvalue weighted by atomic mass is 10.2. The number of ether oxygens (including phenoxy) is 1. The zero-order chi connectivity index (χ0) is 14.2. The van der Waals surface area contributed by atoms with E-state index in [-0.39, 0.29) is 0 Å². The molecule has 1 heterocycles. The Morgan fingerprint density at radius 3 is 2.70 bits per heavy atom. The second-order valence-electron chi connectivity index (χ2n) is 5.28. The van der Waals surface area contributed by atoms with E-state index < -0.39 is 0 Å². The van der Waals surface area contributed by atoms with Gasteiger partial charge < -0.3 is 14.6 Å². The summed E-state index contributed by atoms with van der Waals surface area (Å²) in [6, 6.07) is 8.48. The molecule has 0 amide bonds. The highest BCUT2D eigenvalue weighted by atomic mass is 16.5. The van der Waals surface area contributed by atoms with Gasteiger partial charge in [-0.1, -0.05) is 26.0 Å². The molecule has 0 saturated carbocycles. The second kappa shape index (κ2) is 7.82. The monoisotopic (exact) mass is 273 g/mol. The number of nitrogens with zero attached hydrogens (tertiary/aromatic N) is 2. The summed E-state index contributed by atoms with van der Waals surface area (Å²) in [5, 5.41) is 3.39. The van der Waals surface area contributed by atoms with Crippen LogP contribution in [0.3, 0.4) is 0 Å². The fourth-order valence-electron chi connectivity index (χ4n) is 1.89. The predicted molar refractivity (Wildman–Crippen MR) is 80.9 cm³/mol. The molecular weight excluding hydrogens is 250 g/mol. The molecule has 20 heavy (non-hydrogen) atoms. The van der Waals surface area contributed by atoms with Crippen LogP contribution in [-0.4, -0.2) is 29.3 Å². The number of hydrogen-bond donors (Lipinski definition) is 1. The van der Waals surface area contributed by atoms with Gasteiger partial charge in [-0.2, -0.15) is 0 Å². The predicted octanol–water partition coefficient (Wildman–Crippen LogP) is 2.63. The van der Waals surface area contributed by atoms with E-state index in [9.17, 15) is 0 Å². The molecule has 0 fully saturated rings. The van der Waals surface area contributed by atoms with Crippen molar-refractivity contribution in [3.63, 3.8) is 0 Å². The number of rotatable bonds is 8. The molecule has 2 aromatic rings. The Morgan fingerprint density at radius 1 is 1.25 bits per heavy atom. The Morgan fingerprint density at radius 2 is 2.05 bits per heavy atom. The molecule has 0 spiro atoms. The van der Waals surface area contributed by atoms with E-state index in [1.54, 1.807) is 12.5 Å². The fraction of sp³-hybridized carbons (Fsp3) is 0.438. The molecule has 1 N–H and O–H groups in total. The molecule has 108 valence electrons. The molecule has 2 rings (SSSR count). The van der Waals surface area contributed by atoms with Crippen LogP contribution in [0.1, 0.15) is 19.4 Å². The van der Waals surface area contributed by atoms with Gasteiger partial charge in [0.15, 0.2) is 0 Å². The van der Waals surface area contributed by atoms with Crippen LogP contribution in [0.2, 0.25) is 0 Å². The molecule has 0 bridgehead atoms. The molecule has 0 aliphatic heterocycles. The Bertz CT molecular complexity index is 477. The standard InChI is InChI=1S/C16H23N3O/c1-14(2)12-20-10-8-17-11-15-3-5-16(6-4-15)19-9-7-18-13-19/h3-7,9,13-14,17H,8,10-12H2,1-2H3. The number of benzene rings is 1. The first-order valence-electron chi connectivity index (χ1n) is 7.11. The minimum Gasteiger partial charge on any atom is -0.380 e. The van der Waals surface area contributed by atoms with Crippen molar-refractivity contribution in [2.75, 3.05) is 19.8 Å². The van der Waals surface area contributed by atoms with Gasteiger partial charge in [0.25, 0.3) is 0 Å². The van der Waals surface area contributed by atoms with Gasteiger partial charge in [-0.15, -0.1) is 0 Å². The highest BCUT2D eigenvalue weighted by Gasteiger charge is 1.97. The molecule has 4 nitrogen and oxygen atoms in total. The van der Waals surface area contributed by atoms with Crippen molar-refractivity contribution in [1.29, 1.82) is 0 Å². The Labute approximate surface area is 120 Å². The van der Waals surface area contributed by atoms with Gasteiger partial charge in [-0.25, -0.2) is 4.98 Å². The Balaban J connectivity index is 1.69. The van der Waals surface area contributed by atoms with Crippen molar-refractivity contribution in [2.45, 2.75) is 20.4 Å². The molecule has 4 heteroatoms. The van der Waals surface area contributed by atoms with Gasteiger partial charge in [-0.3, -0.25) is 0 Å². The number of hydrogen-bond acceptors (Lipinski definition) is 3. The largest absolute Gasteiger partial charge is 0.380 e. The second-order valence-corrected chi connectivity index (χ2v) is 5.28. The van der Waals surface area contributed by atoms with Crippen molar-refractivity contribution in [3.05, 3.63) is 48.5 Å². The average molecular weight is 273 g/mol. The number of nitrogens with one attached hydrogen (secondary N) is 1. The van der Waals surface area contributed by atoms with Crippen molar-refractivity contribution >= 4 is 0 Å². The van der Waals surface area contributed by atoms with Crippen LogP contribution in [-0.2, 0) is 11.3 Å². The maximum Gasteiger partial charge on any atom is 0.0991 e. The summed E-state index contributed by atoms with van der Waals surface area (Å²) < 4.78 is 7.53. The third-order valence-corrected chi connectivity index (χ3v) is 2.94. The highest BCUT2D eigenvalue weighted by molar-refractivity contribution is 5.34. The van der Waals surface area contributed by atoms with Crippen LogP contribution in [0.4, 0.5) is 0 Å². The third kappa shape index (κ3) is 4.79. The quantitative estimate of drug-likeness (QED) is 0.752. The van der Waals surface area contributed by atoms with Gasteiger partial charge in [0.1, 0.15) is 0 Å². The first kappa shape index (κ1) is 14.8. The summed E-state index contributed by atoms with van der Waals surface area (Å²) in [5.41, 5.74) is 2.41. The molecule has 0 radical (unpaired) electrons. The number of aromatic nitrogens is 2. The molecule has 1 aromatic carbocycles. The maximum absolute atomic E-state index is 5.53. The molecule has 0 saturated heterocycles. The first-order chi connectivity index (χ1) is 9.75. The van der Waals surface area contributed by atoms with E-state index in [0.29, 0.717) is 5.92 Å². The van der Waals surface area contributed by atoms with Crippen LogP contribution in [0.25, 0.3) is 5.69 Å². The van der Waals surface area contributed by atoms with Crippen LogP contribution in [0.15, 0.2) is 43.0 Å². The minimum atomic E-state index is 0.603. The molecule has 0 aliphatic carbocycles. The summed E-state index contributed by atoms with van der Waals surface area (Å²) in [7, 11) is 0. The van der Waals surface area contributed by atoms with Crippen LogP contribution < -0.4 is 5.32 Å². The van der Waals surface area contributed by atoms with E-state index in [2.05, 4.69) is 48.4 Å². The average Bonchev–Trinajstić information content (AvgIpc) is 2.97. The lowest BCUT2D eigenvalue weighted by Crippen LogP contribution is -2.20.